The van der Waals surface area contributed by atoms with Crippen LogP contribution < -0.4 is 14.4 Å². The SMILES string of the molecule is C/C=C1/C(=Nc2ccc(OC)cc2OC)C(=O)N(c2ccccc2)/C1=C/C. The van der Waals surface area contributed by atoms with Crippen LogP contribution in [0.3, 0.4) is 0 Å². The van der Waals surface area contributed by atoms with Crippen LogP contribution in [0.25, 0.3) is 0 Å². The second-order valence-electron chi connectivity index (χ2n) is 5.85. The van der Waals surface area contributed by atoms with Gasteiger partial charge in [-0.1, -0.05) is 30.4 Å². The third-order valence-corrected chi connectivity index (χ3v) is 4.37. The average Bonchev–Trinajstić information content (AvgIpc) is 2.99. The Kier molecular flexibility index (Phi) is 5.41. The first-order valence-electron chi connectivity index (χ1n) is 8.68. The standard InChI is InChI=1S/C22H22N2O3/c1-5-17-19(6-2)24(15-10-8-7-9-11-15)22(25)21(17)23-18-13-12-16(26-3)14-20(18)27-4/h5-14H,1-4H3/b17-5+,19-6+,23-21?. The summed E-state index contributed by atoms with van der Waals surface area (Å²) >= 11 is 0. The average molecular weight is 362 g/mol. The Morgan fingerprint density at radius 3 is 2.30 bits per heavy atom. The van der Waals surface area contributed by atoms with Gasteiger partial charge in [0.1, 0.15) is 22.9 Å². The van der Waals surface area contributed by atoms with Crippen LogP contribution in [0.2, 0.25) is 0 Å². The summed E-state index contributed by atoms with van der Waals surface area (Å²) in [5.41, 5.74) is 3.38. The van der Waals surface area contributed by atoms with Crippen LogP contribution in [-0.4, -0.2) is 25.8 Å². The van der Waals surface area contributed by atoms with Gasteiger partial charge in [0, 0.05) is 17.3 Å². The van der Waals surface area contributed by atoms with Gasteiger partial charge in [-0.05, 0) is 38.1 Å². The van der Waals surface area contributed by atoms with Gasteiger partial charge in [-0.3, -0.25) is 9.69 Å². The summed E-state index contributed by atoms with van der Waals surface area (Å²) in [7, 11) is 3.16. The van der Waals surface area contributed by atoms with Crippen LogP contribution in [0.1, 0.15) is 13.8 Å². The number of aliphatic imine (C=N–C) groups is 1. The van der Waals surface area contributed by atoms with E-state index in [9.17, 15) is 4.79 Å². The number of para-hydroxylation sites is 1. The van der Waals surface area contributed by atoms with Gasteiger partial charge in [0.25, 0.3) is 5.91 Å². The summed E-state index contributed by atoms with van der Waals surface area (Å²) in [6.45, 7) is 3.82. The first-order chi connectivity index (χ1) is 13.1. The molecule has 3 rings (SSSR count). The lowest BCUT2D eigenvalue weighted by Crippen LogP contribution is -2.26. The van der Waals surface area contributed by atoms with Gasteiger partial charge in [-0.15, -0.1) is 0 Å². The maximum Gasteiger partial charge on any atom is 0.282 e. The van der Waals surface area contributed by atoms with Gasteiger partial charge in [-0.25, -0.2) is 4.99 Å². The third-order valence-electron chi connectivity index (χ3n) is 4.37. The number of carbonyl (C=O) groups is 1. The van der Waals surface area contributed by atoms with E-state index in [0.29, 0.717) is 22.9 Å². The van der Waals surface area contributed by atoms with E-state index >= 15 is 0 Å². The summed E-state index contributed by atoms with van der Waals surface area (Å²) in [4.78, 5) is 19.6. The number of allylic oxidation sites excluding steroid dienone is 3. The molecule has 1 aliphatic rings. The highest BCUT2D eigenvalue weighted by atomic mass is 16.5. The molecule has 0 bridgehead atoms. The van der Waals surface area contributed by atoms with Crippen molar-refractivity contribution in [3.63, 3.8) is 0 Å². The molecule has 27 heavy (non-hydrogen) atoms. The molecule has 0 unspecified atom stereocenters. The van der Waals surface area contributed by atoms with Crippen LogP contribution in [0.5, 0.6) is 11.5 Å². The van der Waals surface area contributed by atoms with Crippen LogP contribution in [-0.2, 0) is 4.79 Å². The quantitative estimate of drug-likeness (QED) is 0.794. The second kappa shape index (κ2) is 7.91. The largest absolute Gasteiger partial charge is 0.497 e. The Bertz CT molecular complexity index is 943. The summed E-state index contributed by atoms with van der Waals surface area (Å²) in [5.74, 6) is 1.05. The molecule has 2 aromatic rings. The number of methoxy groups -OCH3 is 2. The van der Waals surface area contributed by atoms with E-state index < -0.39 is 0 Å². The summed E-state index contributed by atoms with van der Waals surface area (Å²) in [6, 6.07) is 14.9. The van der Waals surface area contributed by atoms with Crippen molar-refractivity contribution in [2.24, 2.45) is 4.99 Å². The number of hydrogen-bond acceptors (Lipinski definition) is 4. The molecule has 1 saturated heterocycles. The zero-order valence-electron chi connectivity index (χ0n) is 15.9. The Morgan fingerprint density at radius 1 is 0.963 bits per heavy atom. The van der Waals surface area contributed by atoms with E-state index in [1.807, 2.05) is 56.3 Å². The zero-order chi connectivity index (χ0) is 19.4. The fourth-order valence-corrected chi connectivity index (χ4v) is 3.08. The minimum absolute atomic E-state index is 0.166. The Hall–Kier alpha value is -3.34. The Balaban J connectivity index is 2.13. The summed E-state index contributed by atoms with van der Waals surface area (Å²) in [5, 5.41) is 0. The molecule has 0 atom stereocenters. The van der Waals surface area contributed by atoms with Gasteiger partial charge >= 0.3 is 0 Å². The number of rotatable bonds is 4. The van der Waals surface area contributed by atoms with Gasteiger partial charge < -0.3 is 9.47 Å². The number of benzene rings is 2. The molecule has 0 aromatic heterocycles. The zero-order valence-corrected chi connectivity index (χ0v) is 15.9. The highest BCUT2D eigenvalue weighted by Gasteiger charge is 2.37. The number of ether oxygens (including phenoxy) is 2. The molecule has 1 amide bonds. The van der Waals surface area contributed by atoms with E-state index in [2.05, 4.69) is 4.99 Å². The molecule has 0 N–H and O–H groups in total. The molecule has 0 aliphatic carbocycles. The molecule has 2 aromatic carbocycles. The molecule has 5 heteroatoms. The van der Waals surface area contributed by atoms with Crippen LogP contribution >= 0.6 is 0 Å². The van der Waals surface area contributed by atoms with E-state index in [0.717, 1.165) is 17.0 Å². The Morgan fingerprint density at radius 2 is 1.70 bits per heavy atom. The van der Waals surface area contributed by atoms with Crippen molar-refractivity contribution in [1.82, 2.24) is 0 Å². The molecule has 1 heterocycles. The number of carbonyl (C=O) groups excluding carboxylic acids is 1. The Labute approximate surface area is 159 Å². The summed E-state index contributed by atoms with van der Waals surface area (Å²) in [6.07, 6.45) is 3.83. The predicted octanol–water partition coefficient (Wildman–Crippen LogP) is 4.67. The minimum Gasteiger partial charge on any atom is -0.497 e. The minimum atomic E-state index is -0.166. The topological polar surface area (TPSA) is 51.1 Å². The molecule has 0 radical (unpaired) electrons. The lowest BCUT2D eigenvalue weighted by atomic mass is 10.1. The number of amides is 1. The smallest absolute Gasteiger partial charge is 0.282 e. The summed E-state index contributed by atoms with van der Waals surface area (Å²) < 4.78 is 10.7. The van der Waals surface area contributed by atoms with E-state index in [-0.39, 0.29) is 5.91 Å². The van der Waals surface area contributed by atoms with Crippen molar-refractivity contribution in [2.75, 3.05) is 19.1 Å². The van der Waals surface area contributed by atoms with Crippen molar-refractivity contribution in [1.29, 1.82) is 0 Å². The molecule has 5 nitrogen and oxygen atoms in total. The van der Waals surface area contributed by atoms with Crippen molar-refractivity contribution < 1.29 is 14.3 Å². The molecule has 0 saturated carbocycles. The second-order valence-corrected chi connectivity index (χ2v) is 5.85. The maximum absolute atomic E-state index is 13.2. The lowest BCUT2D eigenvalue weighted by Gasteiger charge is -2.17. The number of anilines is 1. The van der Waals surface area contributed by atoms with Gasteiger partial charge in [-0.2, -0.15) is 0 Å². The van der Waals surface area contributed by atoms with E-state index in [1.54, 1.807) is 37.3 Å². The fraction of sp³-hybridized carbons (Fsp3) is 0.182. The number of hydrogen-bond donors (Lipinski definition) is 0. The lowest BCUT2D eigenvalue weighted by molar-refractivity contribution is -0.111. The van der Waals surface area contributed by atoms with Crippen molar-refractivity contribution >= 4 is 23.0 Å². The molecular weight excluding hydrogens is 340 g/mol. The van der Waals surface area contributed by atoms with E-state index in [1.165, 1.54) is 0 Å². The molecule has 1 fully saturated rings. The van der Waals surface area contributed by atoms with Crippen molar-refractivity contribution in [3.05, 3.63) is 72.0 Å². The van der Waals surface area contributed by atoms with Gasteiger partial charge in [0.2, 0.25) is 0 Å². The number of nitrogens with zero attached hydrogens (tertiary/aromatic N) is 2. The monoisotopic (exact) mass is 362 g/mol. The van der Waals surface area contributed by atoms with Gasteiger partial charge in [0.05, 0.1) is 19.9 Å². The molecular formula is C22H22N2O3. The normalized spacial score (nSPS) is 18.6. The third kappa shape index (κ3) is 3.36. The first-order valence-corrected chi connectivity index (χ1v) is 8.68. The first kappa shape index (κ1) is 18.5. The van der Waals surface area contributed by atoms with Crippen molar-refractivity contribution in [3.8, 4) is 11.5 Å². The van der Waals surface area contributed by atoms with Crippen LogP contribution in [0.15, 0.2) is 76.9 Å². The van der Waals surface area contributed by atoms with Crippen molar-refractivity contribution in [2.45, 2.75) is 13.8 Å². The maximum atomic E-state index is 13.2. The molecule has 1 aliphatic heterocycles. The van der Waals surface area contributed by atoms with E-state index in [4.69, 9.17) is 9.47 Å². The van der Waals surface area contributed by atoms with Crippen LogP contribution in [0, 0.1) is 0 Å². The molecule has 138 valence electrons. The highest BCUT2D eigenvalue weighted by molar-refractivity contribution is 6.55. The fourth-order valence-electron chi connectivity index (χ4n) is 3.08. The van der Waals surface area contributed by atoms with Gasteiger partial charge in [0.15, 0.2) is 0 Å². The highest BCUT2D eigenvalue weighted by Crippen LogP contribution is 2.36. The molecule has 0 spiro atoms. The van der Waals surface area contributed by atoms with Crippen LogP contribution in [0.4, 0.5) is 11.4 Å². The predicted molar refractivity (Wildman–Crippen MR) is 108 cm³/mol.